The predicted molar refractivity (Wildman–Crippen MR) is 193 cm³/mol. The third-order valence-electron chi connectivity index (χ3n) is 7.58. The van der Waals surface area contributed by atoms with Gasteiger partial charge in [-0.05, 0) is 59.8 Å². The van der Waals surface area contributed by atoms with Crippen LogP contribution >= 0.6 is 11.8 Å². The fraction of sp³-hybridized carbons (Fsp3) is 0.325. The van der Waals surface area contributed by atoms with Gasteiger partial charge in [-0.1, -0.05) is 66.7 Å². The molecule has 1 amide bonds. The van der Waals surface area contributed by atoms with Gasteiger partial charge in [0, 0.05) is 78.1 Å². The van der Waals surface area contributed by atoms with Gasteiger partial charge in [0.15, 0.2) is 11.6 Å². The number of hydrogen-bond donors (Lipinski definition) is 1. The van der Waals surface area contributed by atoms with Gasteiger partial charge in [0.25, 0.3) is 0 Å². The third kappa shape index (κ3) is 8.86. The fourth-order valence-electron chi connectivity index (χ4n) is 5.03. The van der Waals surface area contributed by atoms with Crippen LogP contribution in [0.25, 0.3) is 11.1 Å². The maximum absolute atomic E-state index is 15.5. The van der Waals surface area contributed by atoms with E-state index < -0.39 is 127 Å². The minimum atomic E-state index is -4.71. The van der Waals surface area contributed by atoms with Crippen LogP contribution in [0.15, 0.2) is 102 Å². The van der Waals surface area contributed by atoms with Crippen molar-refractivity contribution in [3.8, 4) is 11.1 Å². The number of anilines is 1. The van der Waals surface area contributed by atoms with E-state index >= 15 is 9.18 Å². The van der Waals surface area contributed by atoms with Crippen LogP contribution in [-0.2, 0) is 28.0 Å². The molecule has 4 aromatic rings. The summed E-state index contributed by atoms with van der Waals surface area (Å²) in [5, 5.41) is 10.4. The largest absolute Gasteiger partial charge is 0.416 e. The van der Waals surface area contributed by atoms with Crippen LogP contribution in [0, 0.1) is 11.6 Å². The van der Waals surface area contributed by atoms with Crippen molar-refractivity contribution in [2.75, 3.05) is 44.5 Å². The normalized spacial score (nSPS) is 28.3. The number of alkyl halides is 3. The average molecular weight is 758 g/mol. The first-order valence-electron chi connectivity index (χ1n) is 25.1. The van der Waals surface area contributed by atoms with E-state index in [1.54, 1.807) is 0 Å². The van der Waals surface area contributed by atoms with Crippen molar-refractivity contribution >= 4 is 23.4 Å². The molecule has 1 N–H and O–H groups in total. The van der Waals surface area contributed by atoms with Gasteiger partial charge in [-0.3, -0.25) is 4.79 Å². The zero-order valence-electron chi connectivity index (χ0n) is 46.4. The van der Waals surface area contributed by atoms with Gasteiger partial charge < -0.3 is 24.5 Å². The number of para-hydroxylation sites is 1. The number of aliphatic hydroxyl groups excluding tert-OH is 1. The molecular weight excluding hydrogens is 698 g/mol. The van der Waals surface area contributed by atoms with E-state index in [2.05, 4.69) is 4.74 Å². The number of benzene rings is 4. The first kappa shape index (κ1) is 19.7. The highest BCUT2D eigenvalue weighted by Gasteiger charge is 2.33. The molecule has 4 aromatic carbocycles. The number of carbonyl (C=O) groups is 1. The molecule has 12 heteroatoms. The highest BCUT2D eigenvalue weighted by atomic mass is 32.2. The third-order valence-corrected chi connectivity index (χ3v) is 8.43. The number of rotatable bonds is 12. The van der Waals surface area contributed by atoms with Gasteiger partial charge in [0.2, 0.25) is 5.91 Å². The Labute approximate surface area is 332 Å². The van der Waals surface area contributed by atoms with Gasteiger partial charge in [-0.25, -0.2) is 8.78 Å². The molecule has 52 heavy (non-hydrogen) atoms. The molecular formula is C40H40F5N3O3S. The van der Waals surface area contributed by atoms with Gasteiger partial charge in [0.1, 0.15) is 12.6 Å². The number of methoxy groups -OCH3 is 1. The van der Waals surface area contributed by atoms with Crippen LogP contribution in [0.4, 0.5) is 27.6 Å². The lowest BCUT2D eigenvalue weighted by atomic mass is 9.99. The van der Waals surface area contributed by atoms with E-state index in [1.165, 1.54) is 30.3 Å². The molecule has 0 spiro atoms. The number of fused-ring (bicyclic) bond motifs is 1. The molecule has 2 heterocycles. The van der Waals surface area contributed by atoms with Crippen LogP contribution in [0.5, 0.6) is 0 Å². The standard InChI is InChI=1S/C40H40F5N3O3S/c1-51-22-21-46-19-17-32(18-20-46)47(24-27-9-11-28(12-10-27)29-13-15-31(16-14-29)40(43,44)45)37(50)25-48-35-8-3-2-6-33(35)36(49)23-38(48)52-26-30-5-4-7-34(41)39(30)42/h2-16,23,32,36,49H,17-22,24-26H2,1H3/i1D3,17D2,18D2,19D2,20D2,21D2,22D2,25D2,26D2,32D. The Morgan fingerprint density at radius 1 is 1.02 bits per heavy atom. The van der Waals surface area contributed by atoms with Crippen molar-refractivity contribution in [2.45, 2.75) is 43.3 Å². The number of likely N-dealkylation sites (tertiary alicyclic amines) is 1. The number of thioether (sulfide) groups is 1. The molecule has 1 fully saturated rings. The highest BCUT2D eigenvalue weighted by molar-refractivity contribution is 8.02. The second-order valence-electron chi connectivity index (χ2n) is 10.9. The molecule has 274 valence electrons. The zero-order valence-corrected chi connectivity index (χ0v) is 27.2. The molecule has 2 aliphatic rings. The minimum Gasteiger partial charge on any atom is -0.384 e. The lowest BCUT2D eigenvalue weighted by molar-refractivity contribution is -0.137. The quantitative estimate of drug-likeness (QED) is 0.147. The van der Waals surface area contributed by atoms with Crippen LogP contribution in [0.1, 0.15) is 68.5 Å². The van der Waals surface area contributed by atoms with Crippen LogP contribution in [0.3, 0.4) is 0 Å². The van der Waals surface area contributed by atoms with Gasteiger partial charge >= 0.3 is 6.18 Å². The van der Waals surface area contributed by atoms with E-state index in [1.807, 2.05) is 0 Å². The Bertz CT molecular complexity index is 2720. The summed E-state index contributed by atoms with van der Waals surface area (Å²) in [6, 6.07) is 11.1. The summed E-state index contributed by atoms with van der Waals surface area (Å²) in [5.74, 6) is -5.45. The van der Waals surface area contributed by atoms with Crippen LogP contribution < -0.4 is 4.90 Å². The Kier molecular flexibility index (Phi) is 6.31. The topological polar surface area (TPSA) is 56.2 Å². The van der Waals surface area contributed by atoms with Gasteiger partial charge in [-0.2, -0.15) is 13.2 Å². The van der Waals surface area contributed by atoms with Crippen molar-refractivity contribution in [2.24, 2.45) is 0 Å². The summed E-state index contributed by atoms with van der Waals surface area (Å²) < 4.78 is 249. The SMILES string of the molecule is [2H]C([2H])([2H])OC([2H])([2H])C([2H])([2H])N1C([2H])([2H])C([2H])([2H])C([2H])(N(Cc2ccc(-c3ccc(C(F)(F)F)cc3)cc2)C(=O)C([2H])([2H])N2C(SC([2H])([2H])c3cccc(F)c3F)=CC(O)c3ccccc32)C([2H])([2H])C1([2H])[2H]. The first-order valence-corrected chi connectivity index (χ1v) is 15.9. The number of ether oxygens (including phenoxy) is 1. The van der Waals surface area contributed by atoms with E-state index in [0.717, 1.165) is 60.7 Å². The molecule has 6 nitrogen and oxygen atoms in total. The number of carbonyl (C=O) groups excluding carboxylic acids is 1. The highest BCUT2D eigenvalue weighted by Crippen LogP contribution is 2.41. The summed E-state index contributed by atoms with van der Waals surface area (Å²) in [6.07, 6.45) is -14.9. The predicted octanol–water partition coefficient (Wildman–Crippen LogP) is 8.42. The molecule has 1 atom stereocenters. The number of piperidine rings is 1. The Morgan fingerprint density at radius 3 is 2.40 bits per heavy atom. The fourth-order valence-corrected chi connectivity index (χ4v) is 5.83. The van der Waals surface area contributed by atoms with Crippen molar-refractivity contribution in [3.05, 3.63) is 136 Å². The van der Waals surface area contributed by atoms with E-state index in [9.17, 15) is 32.3 Å². The maximum atomic E-state index is 15.5. The van der Waals surface area contributed by atoms with Crippen LogP contribution in [0.2, 0.25) is 0 Å². The molecule has 2 aliphatic heterocycles. The summed E-state index contributed by atoms with van der Waals surface area (Å²) in [4.78, 5) is 14.6. The Hall–Kier alpha value is -4.23. The number of amides is 1. The smallest absolute Gasteiger partial charge is 0.384 e. The molecule has 0 aliphatic carbocycles. The summed E-state index contributed by atoms with van der Waals surface area (Å²) in [7, 11) is -3.85. The summed E-state index contributed by atoms with van der Waals surface area (Å²) >= 11 is -0.0915. The average Bonchev–Trinajstić information content (AvgIpc) is 3.24. The lowest BCUT2D eigenvalue weighted by Crippen LogP contribution is -2.50. The monoisotopic (exact) mass is 757 g/mol. The number of aliphatic hydroxyl groups is 1. The molecule has 1 saturated heterocycles. The molecule has 1 unspecified atom stereocenters. The zero-order chi connectivity index (χ0) is 54.6. The molecule has 0 aromatic heterocycles. The van der Waals surface area contributed by atoms with E-state index in [-0.39, 0.29) is 38.9 Å². The summed E-state index contributed by atoms with van der Waals surface area (Å²) in [6.45, 7) is -23.5. The van der Waals surface area contributed by atoms with Crippen LogP contribution in [-0.4, -0.2) is 66.4 Å². The van der Waals surface area contributed by atoms with Crippen molar-refractivity contribution in [3.63, 3.8) is 0 Å². The molecule has 0 saturated carbocycles. The first-order chi connectivity index (χ1) is 32.5. The van der Waals surface area contributed by atoms with Crippen molar-refractivity contribution < 1.29 is 64.0 Å². The van der Waals surface area contributed by atoms with Crippen molar-refractivity contribution in [1.29, 1.82) is 0 Å². The van der Waals surface area contributed by atoms with Gasteiger partial charge in [-0.15, -0.1) is 11.8 Å². The minimum absolute atomic E-state index is 0.0915. The second-order valence-corrected chi connectivity index (χ2v) is 11.7. The summed E-state index contributed by atoms with van der Waals surface area (Å²) in [5.41, 5.74) is -5.69. The lowest BCUT2D eigenvalue weighted by Gasteiger charge is -2.40. The number of nitrogens with zero attached hydrogens (tertiary/aromatic N) is 3. The molecule has 0 radical (unpaired) electrons. The Balaban J connectivity index is 1.58. The van der Waals surface area contributed by atoms with Gasteiger partial charge in [0.05, 0.1) is 28.1 Å². The molecule has 0 bridgehead atoms. The number of hydrogen-bond acceptors (Lipinski definition) is 6. The van der Waals surface area contributed by atoms with E-state index in [0.29, 0.717) is 11.0 Å². The van der Waals surface area contributed by atoms with Crippen molar-refractivity contribution in [1.82, 2.24) is 9.80 Å². The second kappa shape index (κ2) is 16.6. The molecule has 6 rings (SSSR count). The Morgan fingerprint density at radius 2 is 1.71 bits per heavy atom. The maximum Gasteiger partial charge on any atom is 0.416 e. The van der Waals surface area contributed by atoms with E-state index in [4.69, 9.17) is 17.8 Å². The number of halogens is 5.